The molecule has 3 aromatic carbocycles. The Bertz CT molecular complexity index is 1340. The van der Waals surface area contributed by atoms with Crippen molar-refractivity contribution in [3.8, 4) is 0 Å². The lowest BCUT2D eigenvalue weighted by atomic mass is 9.88. The molecule has 0 saturated heterocycles. The maximum absolute atomic E-state index is 13.4. The summed E-state index contributed by atoms with van der Waals surface area (Å²) in [5, 5.41) is 12.6. The van der Waals surface area contributed by atoms with E-state index in [1.54, 1.807) is 41.3 Å². The number of benzene rings is 3. The van der Waals surface area contributed by atoms with Gasteiger partial charge in [0.25, 0.3) is 5.91 Å². The minimum Gasteiger partial charge on any atom is -0.398 e. The van der Waals surface area contributed by atoms with Gasteiger partial charge >= 0.3 is 0 Å². The molecular weight excluding hydrogens is 402 g/mol. The quantitative estimate of drug-likeness (QED) is 0.323. The summed E-state index contributed by atoms with van der Waals surface area (Å²) in [6, 6.07) is 21.8. The summed E-state index contributed by atoms with van der Waals surface area (Å²) in [7, 11) is 0. The Hall–Kier alpha value is -3.90. The number of nitrogens with zero attached hydrogens (tertiary/aromatic N) is 1. The number of rotatable bonds is 6. The van der Waals surface area contributed by atoms with Crippen molar-refractivity contribution in [2.24, 2.45) is 0 Å². The Kier molecular flexibility index (Phi) is 4.79. The number of H-pyrrole nitrogens is 1. The fourth-order valence-corrected chi connectivity index (χ4v) is 4.55. The lowest BCUT2D eigenvalue weighted by Crippen LogP contribution is -2.42. The number of nitrogens with two attached hydrogens (primary N) is 1. The number of aromatic amines is 1. The Balaban J connectivity index is 1.44. The summed E-state index contributed by atoms with van der Waals surface area (Å²) in [6.45, 7) is 0.391. The largest absolute Gasteiger partial charge is 0.398 e. The van der Waals surface area contributed by atoms with E-state index in [0.29, 0.717) is 35.5 Å². The van der Waals surface area contributed by atoms with Crippen LogP contribution in [0.5, 0.6) is 0 Å². The number of aromatic nitrogens is 1. The molecule has 4 aromatic rings. The summed E-state index contributed by atoms with van der Waals surface area (Å²) in [6.07, 6.45) is 2.20. The monoisotopic (exact) mass is 425 g/mol. The Morgan fingerprint density at radius 3 is 2.56 bits per heavy atom. The van der Waals surface area contributed by atoms with Gasteiger partial charge in [0, 0.05) is 40.5 Å². The van der Waals surface area contributed by atoms with Crippen LogP contribution in [-0.2, 0) is 16.8 Å². The molecule has 1 amide bonds. The smallest absolute Gasteiger partial charge is 0.264 e. The number of fused-ring (bicyclic) bond motifs is 2. The number of anilines is 2. The van der Waals surface area contributed by atoms with Crippen LogP contribution in [0.15, 0.2) is 79.0 Å². The molecule has 4 N–H and O–H groups in total. The maximum atomic E-state index is 13.4. The molecular formula is C26H23N3O3. The second-order valence-corrected chi connectivity index (χ2v) is 8.13. The van der Waals surface area contributed by atoms with Gasteiger partial charge in [-0.1, -0.05) is 48.5 Å². The molecule has 0 spiro atoms. The minimum atomic E-state index is -1.92. The number of nitrogens with one attached hydrogen (secondary N) is 1. The number of carbonyl (C=O) groups excluding carboxylic acids is 2. The van der Waals surface area contributed by atoms with E-state index in [0.717, 1.165) is 16.5 Å². The molecule has 5 rings (SSSR count). The van der Waals surface area contributed by atoms with Crippen LogP contribution in [0.25, 0.3) is 10.9 Å². The first kappa shape index (κ1) is 20.0. The van der Waals surface area contributed by atoms with Crippen LogP contribution >= 0.6 is 0 Å². The highest BCUT2D eigenvalue weighted by molar-refractivity contribution is 6.11. The number of hydrogen-bond donors (Lipinski definition) is 3. The molecule has 0 unspecified atom stereocenters. The molecule has 0 saturated carbocycles. The Morgan fingerprint density at radius 1 is 1.00 bits per heavy atom. The number of aliphatic hydroxyl groups is 1. The molecule has 1 atom stereocenters. The van der Waals surface area contributed by atoms with Gasteiger partial charge < -0.3 is 20.7 Å². The van der Waals surface area contributed by atoms with Gasteiger partial charge in [-0.15, -0.1) is 0 Å². The zero-order chi connectivity index (χ0) is 22.3. The molecule has 2 heterocycles. The molecule has 32 heavy (non-hydrogen) atoms. The summed E-state index contributed by atoms with van der Waals surface area (Å²) >= 11 is 0. The van der Waals surface area contributed by atoms with Crippen LogP contribution < -0.4 is 10.6 Å². The highest BCUT2D eigenvalue weighted by atomic mass is 16.3. The molecule has 1 aliphatic rings. The van der Waals surface area contributed by atoms with Crippen molar-refractivity contribution in [3.63, 3.8) is 0 Å². The second kappa shape index (κ2) is 7.66. The number of hydrogen-bond acceptors (Lipinski definition) is 4. The predicted molar refractivity (Wildman–Crippen MR) is 124 cm³/mol. The number of carbonyl (C=O) groups is 2. The van der Waals surface area contributed by atoms with E-state index in [1.807, 2.05) is 42.6 Å². The van der Waals surface area contributed by atoms with Crippen molar-refractivity contribution < 1.29 is 14.7 Å². The maximum Gasteiger partial charge on any atom is 0.264 e. The molecule has 6 nitrogen and oxygen atoms in total. The normalized spacial score (nSPS) is 17.7. The van der Waals surface area contributed by atoms with Gasteiger partial charge in [-0.05, 0) is 36.2 Å². The summed E-state index contributed by atoms with van der Waals surface area (Å²) < 4.78 is 0. The molecule has 1 aliphatic heterocycles. The molecule has 0 aliphatic carbocycles. The zero-order valence-electron chi connectivity index (χ0n) is 17.4. The SMILES string of the molecule is Nc1ccccc1C(=O)C[C@]1(O)C(=O)N(CCc2c[nH]c3ccccc23)c2ccccc21. The summed E-state index contributed by atoms with van der Waals surface area (Å²) in [5.74, 6) is -0.853. The van der Waals surface area contributed by atoms with Gasteiger partial charge in [-0.3, -0.25) is 9.59 Å². The van der Waals surface area contributed by atoms with E-state index >= 15 is 0 Å². The van der Waals surface area contributed by atoms with E-state index in [-0.39, 0.29) is 12.2 Å². The fourth-order valence-electron chi connectivity index (χ4n) is 4.55. The zero-order valence-corrected chi connectivity index (χ0v) is 17.4. The topological polar surface area (TPSA) is 99.4 Å². The lowest BCUT2D eigenvalue weighted by molar-refractivity contribution is -0.135. The number of nitrogen functional groups attached to an aromatic ring is 1. The van der Waals surface area contributed by atoms with Gasteiger partial charge in [0.05, 0.1) is 12.1 Å². The average molecular weight is 425 g/mol. The van der Waals surface area contributed by atoms with Crippen molar-refractivity contribution in [3.05, 3.63) is 95.7 Å². The van der Waals surface area contributed by atoms with Gasteiger partial charge in [-0.25, -0.2) is 0 Å². The highest BCUT2D eigenvalue weighted by Gasteiger charge is 2.50. The molecule has 0 radical (unpaired) electrons. The first-order valence-corrected chi connectivity index (χ1v) is 10.6. The fraction of sp³-hybridized carbons (Fsp3) is 0.154. The van der Waals surface area contributed by atoms with E-state index in [2.05, 4.69) is 4.98 Å². The molecule has 1 aromatic heterocycles. The van der Waals surface area contributed by atoms with Crippen molar-refractivity contribution in [1.82, 2.24) is 4.98 Å². The first-order valence-electron chi connectivity index (χ1n) is 10.6. The van der Waals surface area contributed by atoms with Crippen LogP contribution in [0.1, 0.15) is 27.9 Å². The van der Waals surface area contributed by atoms with Crippen LogP contribution in [0, 0.1) is 0 Å². The number of amides is 1. The van der Waals surface area contributed by atoms with Crippen LogP contribution in [0.2, 0.25) is 0 Å². The lowest BCUT2D eigenvalue weighted by Gasteiger charge is -2.23. The third kappa shape index (κ3) is 3.16. The van der Waals surface area contributed by atoms with Gasteiger partial charge in [0.2, 0.25) is 0 Å². The summed E-state index contributed by atoms with van der Waals surface area (Å²) in [4.78, 5) is 31.2. The van der Waals surface area contributed by atoms with Crippen LogP contribution in [-0.4, -0.2) is 28.3 Å². The minimum absolute atomic E-state index is 0.309. The average Bonchev–Trinajstić information content (AvgIpc) is 3.30. The Labute approximate surface area is 185 Å². The third-order valence-electron chi connectivity index (χ3n) is 6.20. The Morgan fingerprint density at radius 2 is 1.72 bits per heavy atom. The van der Waals surface area contributed by atoms with Crippen molar-refractivity contribution in [1.29, 1.82) is 0 Å². The molecule has 0 bridgehead atoms. The van der Waals surface area contributed by atoms with Gasteiger partial charge in [-0.2, -0.15) is 0 Å². The number of para-hydroxylation sites is 3. The summed E-state index contributed by atoms with van der Waals surface area (Å²) in [5.41, 5.74) is 7.88. The first-order chi connectivity index (χ1) is 15.5. The second-order valence-electron chi connectivity index (χ2n) is 8.13. The molecule has 6 heteroatoms. The molecule has 160 valence electrons. The van der Waals surface area contributed by atoms with Crippen molar-refractivity contribution in [2.45, 2.75) is 18.4 Å². The van der Waals surface area contributed by atoms with Crippen molar-refractivity contribution >= 4 is 34.0 Å². The molecule has 0 fully saturated rings. The van der Waals surface area contributed by atoms with E-state index in [1.165, 1.54) is 0 Å². The van der Waals surface area contributed by atoms with Crippen LogP contribution in [0.4, 0.5) is 11.4 Å². The van der Waals surface area contributed by atoms with E-state index in [4.69, 9.17) is 5.73 Å². The number of ketones is 1. The predicted octanol–water partition coefficient (Wildman–Crippen LogP) is 3.80. The highest BCUT2D eigenvalue weighted by Crippen LogP contribution is 2.43. The van der Waals surface area contributed by atoms with E-state index < -0.39 is 11.5 Å². The van der Waals surface area contributed by atoms with Crippen molar-refractivity contribution in [2.75, 3.05) is 17.2 Å². The third-order valence-corrected chi connectivity index (χ3v) is 6.20. The number of Topliss-reactive ketones (excluding diaryl/α,β-unsaturated/α-hetero) is 1. The van der Waals surface area contributed by atoms with E-state index in [9.17, 15) is 14.7 Å². The van der Waals surface area contributed by atoms with Crippen LogP contribution in [0.3, 0.4) is 0 Å². The standard InChI is InChI=1S/C26H23N3O3/c27-21-10-4-1-8-19(21)24(30)15-26(32)20-9-3-6-12-23(20)29(25(26)31)14-13-17-16-28-22-11-5-2-7-18(17)22/h1-12,16,28,32H,13-15,27H2/t26-/m1/s1. The van der Waals surface area contributed by atoms with Gasteiger partial charge in [0.1, 0.15) is 0 Å². The van der Waals surface area contributed by atoms with Gasteiger partial charge in [0.15, 0.2) is 11.4 Å².